The number of halogens is 6. The Balaban J connectivity index is 0.000000362. The van der Waals surface area contributed by atoms with E-state index < -0.39 is 24.3 Å². The third kappa shape index (κ3) is 10.4. The maximum Gasteiger partial charge on any atom is 0.490 e. The smallest absolute Gasteiger partial charge is 0.475 e. The van der Waals surface area contributed by atoms with E-state index in [0.29, 0.717) is 5.69 Å². The van der Waals surface area contributed by atoms with Crippen molar-refractivity contribution in [3.05, 3.63) is 48.5 Å². The molecular formula is C20H22F6N4O5. The van der Waals surface area contributed by atoms with Gasteiger partial charge in [0, 0.05) is 31.9 Å². The van der Waals surface area contributed by atoms with Crippen LogP contribution in [0.15, 0.2) is 42.9 Å². The van der Waals surface area contributed by atoms with E-state index in [-0.39, 0.29) is 11.9 Å². The van der Waals surface area contributed by atoms with Crippen LogP contribution in [0.3, 0.4) is 0 Å². The second-order valence-corrected chi connectivity index (χ2v) is 7.07. The van der Waals surface area contributed by atoms with Crippen LogP contribution in [0.1, 0.15) is 23.3 Å². The number of imidazole rings is 1. The van der Waals surface area contributed by atoms with E-state index >= 15 is 0 Å². The Morgan fingerprint density at radius 1 is 0.943 bits per heavy atom. The topological polar surface area (TPSA) is 125 Å². The largest absolute Gasteiger partial charge is 0.490 e. The lowest BCUT2D eigenvalue weighted by Crippen LogP contribution is -2.45. The average Bonchev–Trinajstić information content (AvgIpc) is 3.20. The minimum atomic E-state index is -5.08. The van der Waals surface area contributed by atoms with Crippen molar-refractivity contribution in [3.63, 3.8) is 0 Å². The van der Waals surface area contributed by atoms with Crippen molar-refractivity contribution in [2.75, 3.05) is 18.0 Å². The van der Waals surface area contributed by atoms with E-state index in [1.54, 1.807) is 17.1 Å². The molecule has 0 aliphatic carbocycles. The van der Waals surface area contributed by atoms with E-state index in [1.807, 2.05) is 13.1 Å². The van der Waals surface area contributed by atoms with Gasteiger partial charge in [0.05, 0.1) is 12.5 Å². The number of hydrogen-bond acceptors (Lipinski definition) is 5. The fourth-order valence-corrected chi connectivity index (χ4v) is 2.76. The SMILES string of the molecule is Cn1cncc1C(=O)NC1CCN(c2ccccc2)CC1.O=C(O)C(F)(F)F.O=C(O)C(F)(F)F. The molecule has 1 aliphatic rings. The number of nitrogens with zero attached hydrogens (tertiary/aromatic N) is 3. The standard InChI is InChI=1S/C16H20N4O.2C2HF3O2/c1-19-12-17-11-15(19)16(21)18-13-7-9-20(10-8-13)14-5-3-2-4-6-14;2*3-2(4,5)1(6)7/h2-6,11-13H,7-10H2,1H3,(H,18,21);2*(H,6,7). The molecule has 15 heteroatoms. The van der Waals surface area contributed by atoms with E-state index in [0.717, 1.165) is 25.9 Å². The fraction of sp³-hybridized carbons (Fsp3) is 0.400. The van der Waals surface area contributed by atoms with Crippen LogP contribution in [-0.2, 0) is 16.6 Å². The molecule has 35 heavy (non-hydrogen) atoms. The minimum Gasteiger partial charge on any atom is -0.475 e. The number of alkyl halides is 6. The number of carbonyl (C=O) groups is 3. The predicted octanol–water partition coefficient (Wildman–Crippen LogP) is 3.09. The molecule has 1 aromatic carbocycles. The Morgan fingerprint density at radius 2 is 1.40 bits per heavy atom. The summed E-state index contributed by atoms with van der Waals surface area (Å²) in [6.45, 7) is 1.95. The number of para-hydroxylation sites is 1. The van der Waals surface area contributed by atoms with Gasteiger partial charge >= 0.3 is 24.3 Å². The molecule has 0 radical (unpaired) electrons. The van der Waals surface area contributed by atoms with Crippen molar-refractivity contribution in [2.45, 2.75) is 31.2 Å². The highest BCUT2D eigenvalue weighted by atomic mass is 19.4. The number of anilines is 1. The molecule has 2 aromatic rings. The van der Waals surface area contributed by atoms with Gasteiger partial charge in [-0.05, 0) is 25.0 Å². The molecule has 0 saturated carbocycles. The van der Waals surface area contributed by atoms with Crippen molar-refractivity contribution >= 4 is 23.5 Å². The zero-order valence-electron chi connectivity index (χ0n) is 18.2. The lowest BCUT2D eigenvalue weighted by atomic mass is 10.0. The number of hydrogen-bond donors (Lipinski definition) is 3. The second-order valence-electron chi connectivity index (χ2n) is 7.07. The fourth-order valence-electron chi connectivity index (χ4n) is 2.76. The average molecular weight is 512 g/mol. The molecule has 0 spiro atoms. The monoisotopic (exact) mass is 512 g/mol. The van der Waals surface area contributed by atoms with E-state index in [2.05, 4.69) is 39.5 Å². The summed E-state index contributed by atoms with van der Waals surface area (Å²) < 4.78 is 65.2. The zero-order chi connectivity index (χ0) is 26.8. The van der Waals surface area contributed by atoms with Crippen LogP contribution in [0.4, 0.5) is 32.0 Å². The summed E-state index contributed by atoms with van der Waals surface area (Å²) in [7, 11) is 1.83. The third-order valence-electron chi connectivity index (χ3n) is 4.49. The van der Waals surface area contributed by atoms with Gasteiger partial charge in [0.1, 0.15) is 5.69 Å². The molecule has 1 aliphatic heterocycles. The summed E-state index contributed by atoms with van der Waals surface area (Å²) in [5, 5.41) is 17.4. The first-order valence-corrected chi connectivity index (χ1v) is 9.80. The lowest BCUT2D eigenvalue weighted by molar-refractivity contribution is -0.193. The first-order valence-electron chi connectivity index (χ1n) is 9.80. The van der Waals surface area contributed by atoms with E-state index in [4.69, 9.17) is 19.8 Å². The summed E-state index contributed by atoms with van der Waals surface area (Å²) in [5.41, 5.74) is 1.87. The minimum absolute atomic E-state index is 0.0341. The number of nitrogens with one attached hydrogen (secondary N) is 1. The highest BCUT2D eigenvalue weighted by molar-refractivity contribution is 5.92. The summed E-state index contributed by atoms with van der Waals surface area (Å²) in [5.74, 6) is -5.55. The number of aromatic nitrogens is 2. The number of rotatable bonds is 3. The number of amides is 1. The Kier molecular flexibility index (Phi) is 10.5. The molecule has 9 nitrogen and oxygen atoms in total. The zero-order valence-corrected chi connectivity index (χ0v) is 18.2. The van der Waals surface area contributed by atoms with Crippen LogP contribution in [0, 0.1) is 0 Å². The summed E-state index contributed by atoms with van der Waals surface area (Å²) in [4.78, 5) is 36.3. The molecule has 194 valence electrons. The molecule has 2 heterocycles. The molecule has 0 atom stereocenters. The van der Waals surface area contributed by atoms with Crippen molar-refractivity contribution < 1.29 is 50.9 Å². The maximum absolute atomic E-state index is 12.2. The first-order chi connectivity index (χ1) is 16.1. The molecule has 1 amide bonds. The Hall–Kier alpha value is -3.78. The Bertz CT molecular complexity index is 946. The van der Waals surface area contributed by atoms with Gasteiger partial charge in [-0.25, -0.2) is 14.6 Å². The predicted molar refractivity (Wildman–Crippen MR) is 110 cm³/mol. The quantitative estimate of drug-likeness (QED) is 0.540. The van der Waals surface area contributed by atoms with Crippen molar-refractivity contribution in [3.8, 4) is 0 Å². The van der Waals surface area contributed by atoms with Gasteiger partial charge in [-0.1, -0.05) is 18.2 Å². The van der Waals surface area contributed by atoms with Crippen molar-refractivity contribution in [1.29, 1.82) is 0 Å². The maximum atomic E-state index is 12.2. The van der Waals surface area contributed by atoms with Gasteiger partial charge in [-0.2, -0.15) is 26.3 Å². The summed E-state index contributed by atoms with van der Waals surface area (Å²) >= 11 is 0. The van der Waals surface area contributed by atoms with Gasteiger partial charge in [0.25, 0.3) is 5.91 Å². The number of carboxylic acids is 2. The number of piperidine rings is 1. The van der Waals surface area contributed by atoms with Crippen LogP contribution >= 0.6 is 0 Å². The molecule has 3 N–H and O–H groups in total. The molecule has 1 aromatic heterocycles. The first kappa shape index (κ1) is 29.3. The normalized spacial score (nSPS) is 14.1. The van der Waals surface area contributed by atoms with Crippen molar-refractivity contribution in [1.82, 2.24) is 14.9 Å². The number of aliphatic carboxylic acids is 2. The van der Waals surface area contributed by atoms with Gasteiger partial charge in [0.2, 0.25) is 0 Å². The summed E-state index contributed by atoms with van der Waals surface area (Å²) in [6, 6.07) is 10.7. The molecule has 1 fully saturated rings. The molecule has 0 bridgehead atoms. The van der Waals surface area contributed by atoms with Crippen LogP contribution in [-0.4, -0.2) is 69.1 Å². The highest BCUT2D eigenvalue weighted by Crippen LogP contribution is 2.19. The number of benzene rings is 1. The van der Waals surface area contributed by atoms with Crippen molar-refractivity contribution in [2.24, 2.45) is 7.05 Å². The van der Waals surface area contributed by atoms with Crippen LogP contribution < -0.4 is 10.2 Å². The van der Waals surface area contributed by atoms with Crippen LogP contribution in [0.2, 0.25) is 0 Å². The molecule has 0 unspecified atom stereocenters. The van der Waals surface area contributed by atoms with Gasteiger partial charge < -0.3 is 25.0 Å². The Labute approximate surface area is 195 Å². The number of carbonyl (C=O) groups excluding carboxylic acids is 1. The van der Waals surface area contributed by atoms with Crippen LogP contribution in [0.5, 0.6) is 0 Å². The number of aryl methyl sites for hydroxylation is 1. The van der Waals surface area contributed by atoms with E-state index in [1.165, 1.54) is 5.69 Å². The summed E-state index contributed by atoms with van der Waals surface area (Å²) in [6.07, 6.45) is -4.97. The lowest BCUT2D eigenvalue weighted by Gasteiger charge is -2.33. The second kappa shape index (κ2) is 12.6. The molecule has 1 saturated heterocycles. The Morgan fingerprint density at radius 3 is 1.77 bits per heavy atom. The molecular weight excluding hydrogens is 490 g/mol. The highest BCUT2D eigenvalue weighted by Gasteiger charge is 2.38. The third-order valence-corrected chi connectivity index (χ3v) is 4.49. The van der Waals surface area contributed by atoms with E-state index in [9.17, 15) is 31.1 Å². The van der Waals surface area contributed by atoms with Gasteiger partial charge in [-0.3, -0.25) is 4.79 Å². The van der Waals surface area contributed by atoms with Crippen LogP contribution in [0.25, 0.3) is 0 Å². The van der Waals surface area contributed by atoms with Gasteiger partial charge in [0.15, 0.2) is 0 Å². The van der Waals surface area contributed by atoms with Gasteiger partial charge in [-0.15, -0.1) is 0 Å². The molecule has 3 rings (SSSR count). The number of carboxylic acid groups (broad SMARTS) is 2.